The number of nitrogens with two attached hydrogens (primary N) is 1. The standard InChI is InChI=1S/C8H7F3N2O2/c9-6-3(7(10)11)2-13-4(1-12)5(6)8(14)15/h2,7H,1,12H2,(H,14,15). The van der Waals surface area contributed by atoms with E-state index in [0.717, 1.165) is 0 Å². The van der Waals surface area contributed by atoms with Crippen LogP contribution in [0.25, 0.3) is 0 Å². The molecule has 0 aliphatic carbocycles. The summed E-state index contributed by atoms with van der Waals surface area (Å²) in [5.74, 6) is -3.14. The van der Waals surface area contributed by atoms with E-state index in [1.54, 1.807) is 0 Å². The fourth-order valence-electron chi connectivity index (χ4n) is 1.06. The Bertz CT molecular complexity index is 396. The summed E-state index contributed by atoms with van der Waals surface area (Å²) in [5, 5.41) is 8.60. The van der Waals surface area contributed by atoms with Gasteiger partial charge in [-0.05, 0) is 0 Å². The van der Waals surface area contributed by atoms with Crippen molar-refractivity contribution >= 4 is 5.97 Å². The molecule has 0 fully saturated rings. The van der Waals surface area contributed by atoms with Crippen LogP contribution in [0.5, 0.6) is 0 Å². The molecule has 0 bridgehead atoms. The third-order valence-corrected chi connectivity index (χ3v) is 1.76. The molecule has 1 aromatic rings. The molecule has 1 aromatic heterocycles. The van der Waals surface area contributed by atoms with Crippen LogP contribution in [0.1, 0.15) is 28.0 Å². The normalized spacial score (nSPS) is 10.7. The summed E-state index contributed by atoms with van der Waals surface area (Å²) in [6.45, 7) is -0.331. The zero-order valence-electron chi connectivity index (χ0n) is 7.38. The lowest BCUT2D eigenvalue weighted by molar-refractivity contribution is 0.0688. The summed E-state index contributed by atoms with van der Waals surface area (Å²) in [4.78, 5) is 14.0. The fourth-order valence-corrected chi connectivity index (χ4v) is 1.06. The number of aromatic carboxylic acids is 1. The number of alkyl halides is 2. The number of carboxylic acids is 1. The second-order valence-electron chi connectivity index (χ2n) is 2.66. The van der Waals surface area contributed by atoms with Crippen LogP contribution in [-0.4, -0.2) is 16.1 Å². The quantitative estimate of drug-likeness (QED) is 0.805. The van der Waals surface area contributed by atoms with Gasteiger partial charge in [-0.15, -0.1) is 0 Å². The van der Waals surface area contributed by atoms with Crippen LogP contribution in [0.4, 0.5) is 13.2 Å². The summed E-state index contributed by atoms with van der Waals surface area (Å²) in [6, 6.07) is 0. The van der Waals surface area contributed by atoms with E-state index < -0.39 is 29.3 Å². The Morgan fingerprint density at radius 3 is 2.60 bits per heavy atom. The van der Waals surface area contributed by atoms with Crippen molar-refractivity contribution in [2.24, 2.45) is 5.73 Å². The Morgan fingerprint density at radius 2 is 2.20 bits per heavy atom. The third-order valence-electron chi connectivity index (χ3n) is 1.76. The fraction of sp³-hybridized carbons (Fsp3) is 0.250. The van der Waals surface area contributed by atoms with Crippen molar-refractivity contribution in [2.45, 2.75) is 13.0 Å². The van der Waals surface area contributed by atoms with Gasteiger partial charge in [-0.2, -0.15) is 0 Å². The van der Waals surface area contributed by atoms with E-state index in [0.29, 0.717) is 6.20 Å². The molecule has 0 spiro atoms. The molecule has 0 aromatic carbocycles. The van der Waals surface area contributed by atoms with E-state index >= 15 is 0 Å². The number of aromatic nitrogens is 1. The second kappa shape index (κ2) is 4.26. The molecule has 0 saturated carbocycles. The molecule has 0 unspecified atom stereocenters. The number of carboxylic acid groups (broad SMARTS) is 1. The van der Waals surface area contributed by atoms with Gasteiger partial charge in [0.2, 0.25) is 0 Å². The molecule has 4 nitrogen and oxygen atoms in total. The molecule has 0 aliphatic rings. The molecule has 0 radical (unpaired) electrons. The van der Waals surface area contributed by atoms with Crippen LogP contribution in [0.3, 0.4) is 0 Å². The summed E-state index contributed by atoms with van der Waals surface area (Å²) in [7, 11) is 0. The smallest absolute Gasteiger partial charge is 0.340 e. The van der Waals surface area contributed by atoms with Gasteiger partial charge in [-0.1, -0.05) is 0 Å². The lowest BCUT2D eigenvalue weighted by Gasteiger charge is -2.07. The van der Waals surface area contributed by atoms with Gasteiger partial charge in [0, 0.05) is 12.7 Å². The topological polar surface area (TPSA) is 76.2 Å². The molecule has 0 amide bonds. The van der Waals surface area contributed by atoms with Crippen molar-refractivity contribution in [3.63, 3.8) is 0 Å². The van der Waals surface area contributed by atoms with Gasteiger partial charge < -0.3 is 10.8 Å². The highest BCUT2D eigenvalue weighted by Gasteiger charge is 2.24. The summed E-state index contributed by atoms with van der Waals surface area (Å²) in [5.41, 5.74) is 2.91. The minimum absolute atomic E-state index is 0.260. The minimum atomic E-state index is -3.11. The van der Waals surface area contributed by atoms with E-state index in [2.05, 4.69) is 4.98 Å². The second-order valence-corrected chi connectivity index (χ2v) is 2.66. The van der Waals surface area contributed by atoms with Gasteiger partial charge in [0.15, 0.2) is 0 Å². The number of hydrogen-bond acceptors (Lipinski definition) is 3. The van der Waals surface area contributed by atoms with Gasteiger partial charge in [-0.25, -0.2) is 18.0 Å². The molecule has 15 heavy (non-hydrogen) atoms. The average molecular weight is 220 g/mol. The SMILES string of the molecule is NCc1ncc(C(F)F)c(F)c1C(=O)O. The predicted octanol–water partition coefficient (Wildman–Crippen LogP) is 1.32. The first-order valence-corrected chi connectivity index (χ1v) is 3.87. The number of carbonyl (C=O) groups is 1. The molecular formula is C8H7F3N2O2. The highest BCUT2D eigenvalue weighted by atomic mass is 19.3. The van der Waals surface area contributed by atoms with Gasteiger partial charge in [0.05, 0.1) is 11.3 Å². The van der Waals surface area contributed by atoms with Crippen LogP contribution in [-0.2, 0) is 6.54 Å². The Hall–Kier alpha value is -1.63. The van der Waals surface area contributed by atoms with Crippen LogP contribution in [0, 0.1) is 5.82 Å². The van der Waals surface area contributed by atoms with E-state index in [1.807, 2.05) is 0 Å². The third kappa shape index (κ3) is 2.07. The van der Waals surface area contributed by atoms with E-state index in [1.165, 1.54) is 0 Å². The van der Waals surface area contributed by atoms with Gasteiger partial charge >= 0.3 is 5.97 Å². The molecular weight excluding hydrogens is 213 g/mol. The highest BCUT2D eigenvalue weighted by Crippen LogP contribution is 2.24. The molecule has 1 heterocycles. The average Bonchev–Trinajstić information content (AvgIpc) is 2.15. The van der Waals surface area contributed by atoms with Crippen molar-refractivity contribution < 1.29 is 23.1 Å². The lowest BCUT2D eigenvalue weighted by atomic mass is 10.1. The Morgan fingerprint density at radius 1 is 1.60 bits per heavy atom. The zero-order chi connectivity index (χ0) is 11.6. The maximum Gasteiger partial charge on any atom is 0.340 e. The maximum absolute atomic E-state index is 13.3. The number of halogens is 3. The first-order chi connectivity index (χ1) is 6.99. The van der Waals surface area contributed by atoms with Crippen molar-refractivity contribution in [1.29, 1.82) is 0 Å². The summed E-state index contributed by atoms with van der Waals surface area (Å²) < 4.78 is 37.7. The monoisotopic (exact) mass is 220 g/mol. The van der Waals surface area contributed by atoms with Crippen LogP contribution >= 0.6 is 0 Å². The van der Waals surface area contributed by atoms with Crippen molar-refractivity contribution in [3.05, 3.63) is 28.8 Å². The first-order valence-electron chi connectivity index (χ1n) is 3.87. The van der Waals surface area contributed by atoms with E-state index in [-0.39, 0.29) is 12.2 Å². The number of nitrogens with zero attached hydrogens (tertiary/aromatic N) is 1. The molecule has 7 heteroatoms. The molecule has 0 atom stereocenters. The lowest BCUT2D eigenvalue weighted by Crippen LogP contribution is -2.14. The first kappa shape index (κ1) is 11.4. The van der Waals surface area contributed by atoms with Crippen molar-refractivity contribution in [1.82, 2.24) is 4.98 Å². The van der Waals surface area contributed by atoms with Crippen molar-refractivity contribution in [2.75, 3.05) is 0 Å². The summed E-state index contributed by atoms with van der Waals surface area (Å²) in [6.07, 6.45) is -2.52. The zero-order valence-corrected chi connectivity index (χ0v) is 7.38. The van der Waals surface area contributed by atoms with Gasteiger partial charge in [-0.3, -0.25) is 4.98 Å². The van der Waals surface area contributed by atoms with Gasteiger partial charge in [0.1, 0.15) is 11.4 Å². The van der Waals surface area contributed by atoms with Crippen LogP contribution in [0.15, 0.2) is 6.20 Å². The number of hydrogen-bond donors (Lipinski definition) is 2. The molecule has 0 aliphatic heterocycles. The van der Waals surface area contributed by atoms with E-state index in [9.17, 15) is 18.0 Å². The molecule has 3 N–H and O–H groups in total. The maximum atomic E-state index is 13.3. The molecule has 82 valence electrons. The Labute approximate surface area is 82.5 Å². The minimum Gasteiger partial charge on any atom is -0.478 e. The Kier molecular flexibility index (Phi) is 3.25. The Balaban J connectivity index is 3.42. The largest absolute Gasteiger partial charge is 0.478 e. The number of rotatable bonds is 3. The molecule has 1 rings (SSSR count). The van der Waals surface area contributed by atoms with Gasteiger partial charge in [0.25, 0.3) is 6.43 Å². The van der Waals surface area contributed by atoms with E-state index in [4.69, 9.17) is 10.8 Å². The van der Waals surface area contributed by atoms with Crippen LogP contribution < -0.4 is 5.73 Å². The van der Waals surface area contributed by atoms with Crippen LogP contribution in [0.2, 0.25) is 0 Å². The number of pyridine rings is 1. The van der Waals surface area contributed by atoms with Crippen molar-refractivity contribution in [3.8, 4) is 0 Å². The highest BCUT2D eigenvalue weighted by molar-refractivity contribution is 5.89. The molecule has 0 saturated heterocycles. The summed E-state index contributed by atoms with van der Waals surface area (Å²) >= 11 is 0. The predicted molar refractivity (Wildman–Crippen MR) is 44.0 cm³/mol.